The van der Waals surface area contributed by atoms with E-state index in [0.717, 1.165) is 28.2 Å². The van der Waals surface area contributed by atoms with Crippen molar-refractivity contribution in [1.29, 1.82) is 0 Å². The topological polar surface area (TPSA) is 94.1 Å². The van der Waals surface area contributed by atoms with E-state index >= 15 is 0 Å². The monoisotopic (exact) mass is 436 g/mol. The van der Waals surface area contributed by atoms with Gasteiger partial charge in [0.1, 0.15) is 12.7 Å². The largest absolute Gasteiger partial charge is 0.339 e. The highest BCUT2D eigenvalue weighted by Crippen LogP contribution is 2.23. The molecule has 0 bridgehead atoms. The number of aryl methyl sites for hydroxylation is 2. The molecule has 10 heteroatoms. The van der Waals surface area contributed by atoms with E-state index in [9.17, 15) is 4.79 Å². The zero-order chi connectivity index (χ0) is 22.1. The summed E-state index contributed by atoms with van der Waals surface area (Å²) >= 11 is 1.47. The lowest BCUT2D eigenvalue weighted by Crippen LogP contribution is -2.31. The molecule has 0 fully saturated rings. The van der Waals surface area contributed by atoms with E-state index in [2.05, 4.69) is 25.1 Å². The van der Waals surface area contributed by atoms with Crippen LogP contribution in [0, 0.1) is 13.8 Å². The Hall–Kier alpha value is -3.27. The molecule has 1 aromatic carbocycles. The van der Waals surface area contributed by atoms with E-state index in [4.69, 9.17) is 0 Å². The average molecular weight is 437 g/mol. The van der Waals surface area contributed by atoms with Crippen LogP contribution < -0.4 is 0 Å². The van der Waals surface area contributed by atoms with Crippen LogP contribution in [0.4, 0.5) is 0 Å². The minimum Gasteiger partial charge on any atom is -0.339 e. The van der Waals surface area contributed by atoms with Crippen molar-refractivity contribution >= 4 is 23.4 Å². The van der Waals surface area contributed by atoms with Gasteiger partial charge in [-0.1, -0.05) is 23.9 Å². The highest BCUT2D eigenvalue weighted by Gasteiger charge is 2.21. The van der Waals surface area contributed by atoms with Crippen molar-refractivity contribution in [1.82, 2.24) is 39.2 Å². The molecule has 3 heterocycles. The summed E-state index contributed by atoms with van der Waals surface area (Å²) in [6.07, 6.45) is 5.34. The number of carbonyl (C=O) groups is 1. The van der Waals surface area contributed by atoms with Crippen molar-refractivity contribution in [2.24, 2.45) is 0 Å². The molecule has 3 aromatic heterocycles. The van der Waals surface area contributed by atoms with Crippen molar-refractivity contribution in [3.05, 3.63) is 59.4 Å². The fraction of sp³-hybridized carbons (Fsp3) is 0.333. The summed E-state index contributed by atoms with van der Waals surface area (Å²) in [5.41, 5.74) is 4.54. The van der Waals surface area contributed by atoms with Gasteiger partial charge in [0.2, 0.25) is 11.1 Å². The smallest absolute Gasteiger partial charge is 0.253 e. The number of thioether (sulfide) groups is 1. The first-order chi connectivity index (χ1) is 14.9. The number of carbonyl (C=O) groups excluding carboxylic acids is 1. The van der Waals surface area contributed by atoms with E-state index < -0.39 is 0 Å². The fourth-order valence-corrected chi connectivity index (χ4v) is 3.83. The van der Waals surface area contributed by atoms with Crippen molar-refractivity contribution in [2.75, 3.05) is 13.3 Å². The van der Waals surface area contributed by atoms with Gasteiger partial charge in [-0.15, -0.1) is 5.10 Å². The Morgan fingerprint density at radius 3 is 2.58 bits per heavy atom. The van der Waals surface area contributed by atoms with E-state index in [0.29, 0.717) is 10.9 Å². The Morgan fingerprint density at radius 1 is 1.19 bits per heavy atom. The molecule has 0 radical (unpaired) electrons. The molecule has 0 aliphatic heterocycles. The summed E-state index contributed by atoms with van der Waals surface area (Å²) in [7, 11) is 1.83. The van der Waals surface area contributed by atoms with Gasteiger partial charge in [-0.3, -0.25) is 4.79 Å². The predicted molar refractivity (Wildman–Crippen MR) is 118 cm³/mol. The van der Waals surface area contributed by atoms with E-state index in [-0.39, 0.29) is 18.4 Å². The Morgan fingerprint density at radius 2 is 1.94 bits per heavy atom. The second kappa shape index (κ2) is 8.46. The number of fused-ring (bicyclic) bond motifs is 1. The lowest BCUT2D eigenvalue weighted by atomic mass is 10.0. The van der Waals surface area contributed by atoms with E-state index in [1.54, 1.807) is 20.4 Å². The van der Waals surface area contributed by atoms with Gasteiger partial charge in [0.05, 0.1) is 18.2 Å². The standard InChI is InChI=1S/C21H24N8OS/c1-13-18(15(3)29-20(24-13)25-21(26-29)31-5)10-19(30)27(4)14(2)16-6-8-17(9-7-16)28-12-22-11-23-28/h6-9,11-12,14H,10H2,1-5H3. The van der Waals surface area contributed by atoms with E-state index in [1.165, 1.54) is 18.1 Å². The van der Waals surface area contributed by atoms with Gasteiger partial charge < -0.3 is 4.90 Å². The summed E-state index contributed by atoms with van der Waals surface area (Å²) in [4.78, 5) is 27.8. The van der Waals surface area contributed by atoms with Gasteiger partial charge in [0.25, 0.3) is 5.78 Å². The van der Waals surface area contributed by atoms with Crippen molar-refractivity contribution in [3.8, 4) is 5.69 Å². The van der Waals surface area contributed by atoms with Gasteiger partial charge in [-0.05, 0) is 44.7 Å². The highest BCUT2D eigenvalue weighted by molar-refractivity contribution is 7.98. The molecule has 0 N–H and O–H groups in total. The van der Waals surface area contributed by atoms with Crippen LogP contribution in [0.3, 0.4) is 0 Å². The Balaban J connectivity index is 1.53. The molecule has 0 aliphatic carbocycles. The summed E-state index contributed by atoms with van der Waals surface area (Å²) in [5.74, 6) is 0.579. The number of hydrogen-bond donors (Lipinski definition) is 0. The molecule has 31 heavy (non-hydrogen) atoms. The molecule has 0 spiro atoms. The second-order valence-electron chi connectivity index (χ2n) is 7.36. The summed E-state index contributed by atoms with van der Waals surface area (Å²) in [6.45, 7) is 5.89. The molecule has 9 nitrogen and oxygen atoms in total. The molecule has 4 aromatic rings. The maximum atomic E-state index is 13.1. The number of amides is 1. The average Bonchev–Trinajstić information content (AvgIpc) is 3.45. The SMILES string of the molecule is CSc1nc2nc(C)c(CC(=O)N(C)C(C)c3ccc(-n4cncn4)cc3)c(C)n2n1. The maximum Gasteiger partial charge on any atom is 0.253 e. The van der Waals surface area contributed by atoms with Gasteiger partial charge in [-0.2, -0.15) is 10.1 Å². The van der Waals surface area contributed by atoms with Crippen molar-refractivity contribution in [3.63, 3.8) is 0 Å². The third-order valence-corrected chi connectivity index (χ3v) is 6.11. The molecular weight excluding hydrogens is 412 g/mol. The van der Waals surface area contributed by atoms with Crippen LogP contribution in [0.15, 0.2) is 42.1 Å². The molecule has 4 rings (SSSR count). The minimum atomic E-state index is -0.0796. The third kappa shape index (κ3) is 4.02. The normalized spacial score (nSPS) is 12.3. The zero-order valence-electron chi connectivity index (χ0n) is 18.1. The Kier molecular flexibility index (Phi) is 5.73. The highest BCUT2D eigenvalue weighted by atomic mass is 32.2. The number of nitrogens with zero attached hydrogens (tertiary/aromatic N) is 8. The lowest BCUT2D eigenvalue weighted by Gasteiger charge is -2.26. The van der Waals surface area contributed by atoms with Crippen LogP contribution in [0.1, 0.15) is 35.5 Å². The minimum absolute atomic E-state index is 0.0189. The van der Waals surface area contributed by atoms with Gasteiger partial charge >= 0.3 is 0 Å². The summed E-state index contributed by atoms with van der Waals surface area (Å²) in [5, 5.41) is 9.27. The molecule has 1 atom stereocenters. The van der Waals surface area contributed by atoms with Crippen LogP contribution in [0.25, 0.3) is 11.5 Å². The summed E-state index contributed by atoms with van der Waals surface area (Å²) in [6, 6.07) is 7.88. The van der Waals surface area contributed by atoms with E-state index in [1.807, 2.05) is 58.3 Å². The number of rotatable bonds is 6. The van der Waals surface area contributed by atoms with Crippen LogP contribution in [-0.4, -0.2) is 58.5 Å². The van der Waals surface area contributed by atoms with Gasteiger partial charge in [0, 0.05) is 24.0 Å². The van der Waals surface area contributed by atoms with Crippen molar-refractivity contribution in [2.45, 2.75) is 38.4 Å². The predicted octanol–water partition coefficient (Wildman–Crippen LogP) is 2.81. The zero-order valence-corrected chi connectivity index (χ0v) is 19.0. The van der Waals surface area contributed by atoms with Crippen molar-refractivity contribution < 1.29 is 4.79 Å². The second-order valence-corrected chi connectivity index (χ2v) is 8.13. The molecule has 1 amide bonds. The first kappa shape index (κ1) is 21.0. The molecular formula is C21H24N8OS. The number of benzene rings is 1. The van der Waals surface area contributed by atoms with Gasteiger partial charge in [0.15, 0.2) is 0 Å². The number of aromatic nitrogens is 7. The van der Waals surface area contributed by atoms with Crippen LogP contribution in [0.2, 0.25) is 0 Å². The Bertz CT molecular complexity index is 1220. The quantitative estimate of drug-likeness (QED) is 0.429. The van der Waals surface area contributed by atoms with Crippen LogP contribution >= 0.6 is 11.8 Å². The Labute approximate surface area is 184 Å². The first-order valence-electron chi connectivity index (χ1n) is 9.86. The molecule has 0 saturated heterocycles. The number of hydrogen-bond acceptors (Lipinski definition) is 7. The van der Waals surface area contributed by atoms with Crippen LogP contribution in [0.5, 0.6) is 0 Å². The molecule has 0 aliphatic rings. The molecule has 1 unspecified atom stereocenters. The fourth-order valence-electron chi connectivity index (χ4n) is 3.49. The third-order valence-electron chi connectivity index (χ3n) is 5.57. The first-order valence-corrected chi connectivity index (χ1v) is 11.1. The van der Waals surface area contributed by atoms with Crippen LogP contribution in [-0.2, 0) is 11.2 Å². The summed E-state index contributed by atoms with van der Waals surface area (Å²) < 4.78 is 3.42. The maximum absolute atomic E-state index is 13.1. The molecule has 160 valence electrons. The lowest BCUT2D eigenvalue weighted by molar-refractivity contribution is -0.131. The molecule has 0 saturated carbocycles. The van der Waals surface area contributed by atoms with Gasteiger partial charge in [-0.25, -0.2) is 19.2 Å². The number of likely N-dealkylation sites (N-methyl/N-ethyl adjacent to an activating group) is 1.